The van der Waals surface area contributed by atoms with E-state index in [2.05, 4.69) is 92.6 Å². The highest BCUT2D eigenvalue weighted by Gasteiger charge is 2.37. The monoisotopic (exact) mass is 610 g/mol. The largest absolute Gasteiger partial charge is 0.507 e. The Morgan fingerprint density at radius 3 is 1.36 bits per heavy atom. The normalized spacial score (nSPS) is 17.3. The quantitative estimate of drug-likeness (QED) is 0.252. The lowest BCUT2D eigenvalue weighted by Gasteiger charge is -2.35. The van der Waals surface area contributed by atoms with Crippen LogP contribution < -0.4 is 0 Å². The Morgan fingerprint density at radius 1 is 0.556 bits per heavy atom. The first kappa shape index (κ1) is 33.4. The molecule has 0 atom stereocenters. The molecular formula is C42H58O3. The van der Waals surface area contributed by atoms with Gasteiger partial charge in [0.05, 0.1) is 0 Å². The summed E-state index contributed by atoms with van der Waals surface area (Å²) in [6.07, 6.45) is 11.6. The average Bonchev–Trinajstić information content (AvgIpc) is 2.97. The molecule has 0 aliphatic heterocycles. The van der Waals surface area contributed by atoms with Crippen molar-refractivity contribution in [1.82, 2.24) is 0 Å². The Bertz CT molecular complexity index is 1460. The van der Waals surface area contributed by atoms with E-state index in [0.29, 0.717) is 29.1 Å². The Morgan fingerprint density at radius 2 is 0.978 bits per heavy atom. The van der Waals surface area contributed by atoms with E-state index in [9.17, 15) is 15.3 Å². The van der Waals surface area contributed by atoms with Crippen LogP contribution >= 0.6 is 0 Å². The van der Waals surface area contributed by atoms with Crippen LogP contribution in [0, 0.1) is 20.8 Å². The lowest BCUT2D eigenvalue weighted by Crippen LogP contribution is -2.23. The molecule has 3 N–H and O–H groups in total. The number of phenolic OH excluding ortho intramolecular Hbond substituents is 3. The van der Waals surface area contributed by atoms with Crippen molar-refractivity contribution >= 4 is 0 Å². The van der Waals surface area contributed by atoms with E-state index in [1.165, 1.54) is 38.5 Å². The zero-order valence-electron chi connectivity index (χ0n) is 29.5. The molecule has 2 fully saturated rings. The van der Waals surface area contributed by atoms with Crippen LogP contribution in [0.15, 0.2) is 30.3 Å². The van der Waals surface area contributed by atoms with Crippen molar-refractivity contribution in [3.63, 3.8) is 0 Å². The molecule has 0 saturated heterocycles. The van der Waals surface area contributed by atoms with Gasteiger partial charge in [-0.25, -0.2) is 0 Å². The molecule has 2 aliphatic rings. The lowest BCUT2D eigenvalue weighted by atomic mass is 9.69. The summed E-state index contributed by atoms with van der Waals surface area (Å²) in [4.78, 5) is 0. The third-order valence-corrected chi connectivity index (χ3v) is 10.7. The molecule has 0 heterocycles. The molecule has 0 radical (unpaired) electrons. The van der Waals surface area contributed by atoms with E-state index in [4.69, 9.17) is 0 Å². The van der Waals surface area contributed by atoms with Crippen LogP contribution in [0.1, 0.15) is 179 Å². The van der Waals surface area contributed by atoms with Gasteiger partial charge in [-0.05, 0) is 96.9 Å². The zero-order valence-corrected chi connectivity index (χ0v) is 29.5. The molecule has 0 bridgehead atoms. The predicted octanol–water partition coefficient (Wildman–Crippen LogP) is 11.6. The maximum atomic E-state index is 12.3. The zero-order chi connectivity index (χ0) is 32.8. The van der Waals surface area contributed by atoms with Crippen molar-refractivity contribution in [2.24, 2.45) is 0 Å². The second-order valence-electron chi connectivity index (χ2n) is 16.6. The Hall–Kier alpha value is -2.94. The maximum absolute atomic E-state index is 12.3. The van der Waals surface area contributed by atoms with E-state index in [1.54, 1.807) is 0 Å². The molecule has 0 aromatic heterocycles. The summed E-state index contributed by atoms with van der Waals surface area (Å²) < 4.78 is 0. The molecule has 2 saturated carbocycles. The van der Waals surface area contributed by atoms with Gasteiger partial charge in [0, 0.05) is 22.6 Å². The lowest BCUT2D eigenvalue weighted by molar-refractivity contribution is 0.404. The van der Waals surface area contributed by atoms with Crippen LogP contribution in [0.2, 0.25) is 0 Å². The fourth-order valence-electron chi connectivity index (χ4n) is 8.56. The van der Waals surface area contributed by atoms with Crippen molar-refractivity contribution in [1.29, 1.82) is 0 Å². The Balaban J connectivity index is 1.88. The topological polar surface area (TPSA) is 60.7 Å². The van der Waals surface area contributed by atoms with E-state index in [1.807, 2.05) is 0 Å². The first-order valence-corrected chi connectivity index (χ1v) is 17.6. The van der Waals surface area contributed by atoms with Gasteiger partial charge >= 0.3 is 0 Å². The van der Waals surface area contributed by atoms with Crippen molar-refractivity contribution < 1.29 is 15.3 Å². The second kappa shape index (κ2) is 12.7. The summed E-state index contributed by atoms with van der Waals surface area (Å²) in [7, 11) is 0. The molecule has 3 aromatic carbocycles. The molecule has 244 valence electrons. The van der Waals surface area contributed by atoms with Gasteiger partial charge in [0.25, 0.3) is 0 Å². The number of benzene rings is 3. The molecule has 0 spiro atoms. The molecule has 3 nitrogen and oxygen atoms in total. The first-order chi connectivity index (χ1) is 21.1. The number of rotatable bonds is 5. The van der Waals surface area contributed by atoms with E-state index in [-0.39, 0.29) is 10.8 Å². The minimum absolute atomic E-state index is 0.248. The third-order valence-electron chi connectivity index (χ3n) is 10.7. The summed E-state index contributed by atoms with van der Waals surface area (Å²) in [5.41, 5.74) is 9.27. The number of hydrogen-bond acceptors (Lipinski definition) is 3. The van der Waals surface area contributed by atoms with Crippen molar-refractivity contribution in [3.8, 4) is 17.2 Å². The SMILES string of the molecule is Cc1cc(C2CCCCC2)c(O)c(C(c2cc(C)cc(C3CCCCC3)c2O)c2c(C)cc(C(C)(C)C)c(O)c2C(C)(C)C)c1. The molecule has 45 heavy (non-hydrogen) atoms. The van der Waals surface area contributed by atoms with Crippen LogP contribution in [-0.4, -0.2) is 15.3 Å². The van der Waals surface area contributed by atoms with Gasteiger partial charge in [-0.15, -0.1) is 0 Å². The number of aromatic hydroxyl groups is 3. The van der Waals surface area contributed by atoms with Crippen molar-refractivity contribution in [3.05, 3.63) is 86.0 Å². The first-order valence-electron chi connectivity index (χ1n) is 17.6. The fourth-order valence-corrected chi connectivity index (χ4v) is 8.56. The fraction of sp³-hybridized carbons (Fsp3) is 0.571. The molecule has 5 rings (SSSR count). The Labute approximate surface area is 273 Å². The predicted molar refractivity (Wildman–Crippen MR) is 189 cm³/mol. The van der Waals surface area contributed by atoms with Crippen LogP contribution in [0.3, 0.4) is 0 Å². The number of hydrogen-bond donors (Lipinski definition) is 3. The maximum Gasteiger partial charge on any atom is 0.123 e. The van der Waals surface area contributed by atoms with Gasteiger partial charge in [0.2, 0.25) is 0 Å². The van der Waals surface area contributed by atoms with Gasteiger partial charge in [0.15, 0.2) is 0 Å². The number of phenols is 3. The molecular weight excluding hydrogens is 552 g/mol. The summed E-state index contributed by atoms with van der Waals surface area (Å²) in [5, 5.41) is 36.8. The summed E-state index contributed by atoms with van der Waals surface area (Å²) in [6.45, 7) is 19.4. The number of aryl methyl sites for hydroxylation is 3. The van der Waals surface area contributed by atoms with E-state index < -0.39 is 5.92 Å². The summed E-state index contributed by atoms with van der Waals surface area (Å²) >= 11 is 0. The minimum atomic E-state index is -0.441. The summed E-state index contributed by atoms with van der Waals surface area (Å²) in [5.74, 6) is 1.28. The van der Waals surface area contributed by atoms with Gasteiger partial charge < -0.3 is 15.3 Å². The van der Waals surface area contributed by atoms with Crippen LogP contribution in [0.4, 0.5) is 0 Å². The smallest absolute Gasteiger partial charge is 0.123 e. The van der Waals surface area contributed by atoms with Gasteiger partial charge in [-0.3, -0.25) is 0 Å². The van der Waals surface area contributed by atoms with Gasteiger partial charge in [0.1, 0.15) is 17.2 Å². The highest BCUT2D eigenvalue weighted by atomic mass is 16.3. The van der Waals surface area contributed by atoms with Gasteiger partial charge in [-0.2, -0.15) is 0 Å². The van der Waals surface area contributed by atoms with E-state index in [0.717, 1.165) is 81.3 Å². The minimum Gasteiger partial charge on any atom is -0.507 e. The summed E-state index contributed by atoms with van der Waals surface area (Å²) in [6, 6.07) is 10.8. The highest BCUT2D eigenvalue weighted by Crippen LogP contribution is 2.53. The molecule has 3 heteroatoms. The average molecular weight is 611 g/mol. The standard InChI is InChI=1S/C42H58O3/c1-25-20-30(28-16-12-10-13-17-28)38(43)32(22-25)36(33-23-26(2)21-31(39(33)44)29-18-14-11-15-19-29)35-27(3)24-34(41(4,5)6)40(45)37(35)42(7,8)9/h20-24,28-29,36,43-45H,10-19H2,1-9H3. The molecule has 0 amide bonds. The second-order valence-corrected chi connectivity index (χ2v) is 16.6. The van der Waals surface area contributed by atoms with Crippen LogP contribution in [0.5, 0.6) is 17.2 Å². The molecule has 2 aliphatic carbocycles. The van der Waals surface area contributed by atoms with Crippen LogP contribution in [-0.2, 0) is 10.8 Å². The van der Waals surface area contributed by atoms with Crippen LogP contribution in [0.25, 0.3) is 0 Å². The molecule has 3 aromatic rings. The van der Waals surface area contributed by atoms with E-state index >= 15 is 0 Å². The third kappa shape index (κ3) is 6.65. The van der Waals surface area contributed by atoms with Gasteiger partial charge in [-0.1, -0.05) is 122 Å². The Kier molecular flexibility index (Phi) is 9.43. The van der Waals surface area contributed by atoms with Crippen molar-refractivity contribution in [2.75, 3.05) is 0 Å². The molecule has 0 unspecified atom stereocenters. The highest BCUT2D eigenvalue weighted by molar-refractivity contribution is 5.65. The van der Waals surface area contributed by atoms with Crippen molar-refractivity contribution in [2.45, 2.75) is 155 Å².